The number of rotatable bonds is 9. The molecule has 0 heterocycles. The molecule has 0 aromatic carbocycles. The number of allylic oxidation sites excluding steroid dienone is 1. The fraction of sp³-hybridized carbons (Fsp3) is 0.778. The Kier molecular flexibility index (Phi) is 8.95. The lowest BCUT2D eigenvalue weighted by molar-refractivity contribution is -0.142. The van der Waals surface area contributed by atoms with Crippen molar-refractivity contribution in [3.8, 4) is 0 Å². The van der Waals surface area contributed by atoms with E-state index in [0.717, 1.165) is 12.0 Å². The van der Waals surface area contributed by atoms with Crippen LogP contribution >= 0.6 is 0 Å². The first kappa shape index (κ1) is 21.5. The van der Waals surface area contributed by atoms with Gasteiger partial charge in [-0.2, -0.15) is 0 Å². The molecule has 3 atom stereocenters. The third kappa shape index (κ3) is 9.97. The number of aliphatic carboxylic acids is 1. The van der Waals surface area contributed by atoms with Crippen LogP contribution in [0.15, 0.2) is 12.2 Å². The molecule has 0 aromatic heterocycles. The van der Waals surface area contributed by atoms with Gasteiger partial charge in [0.25, 0.3) is 0 Å². The van der Waals surface area contributed by atoms with Crippen molar-refractivity contribution in [2.45, 2.75) is 78.9 Å². The number of carboxylic acids is 1. The summed E-state index contributed by atoms with van der Waals surface area (Å²) in [6.07, 6.45) is 2.04. The van der Waals surface area contributed by atoms with Crippen molar-refractivity contribution in [1.82, 2.24) is 5.32 Å². The third-order valence-electron chi connectivity index (χ3n) is 3.80. The molecule has 0 fully saturated rings. The maximum absolute atomic E-state index is 12.0. The van der Waals surface area contributed by atoms with E-state index >= 15 is 0 Å². The molecule has 1 amide bonds. The molecule has 0 aliphatic rings. The highest BCUT2D eigenvalue weighted by molar-refractivity contribution is 5.70. The summed E-state index contributed by atoms with van der Waals surface area (Å²) in [7, 11) is 0. The second-order valence-corrected chi connectivity index (χ2v) is 7.41. The highest BCUT2D eigenvalue weighted by atomic mass is 16.6. The Labute approximate surface area is 140 Å². The van der Waals surface area contributed by atoms with E-state index < -0.39 is 23.6 Å². The van der Waals surface area contributed by atoms with Crippen LogP contribution in [0, 0.1) is 11.8 Å². The number of amides is 1. The zero-order valence-corrected chi connectivity index (χ0v) is 15.4. The number of hydrogen-bond donors (Lipinski definition) is 2. The number of hydrogen-bond acceptors (Lipinski definition) is 3. The van der Waals surface area contributed by atoms with Crippen molar-refractivity contribution in [3.05, 3.63) is 12.2 Å². The minimum absolute atomic E-state index is 0.0955. The van der Waals surface area contributed by atoms with E-state index in [9.17, 15) is 14.7 Å². The van der Waals surface area contributed by atoms with E-state index in [1.54, 1.807) is 0 Å². The highest BCUT2D eigenvalue weighted by Crippen LogP contribution is 2.21. The molecule has 0 saturated heterocycles. The van der Waals surface area contributed by atoms with Crippen LogP contribution < -0.4 is 5.32 Å². The maximum Gasteiger partial charge on any atom is 0.407 e. The monoisotopic (exact) mass is 327 g/mol. The number of carboxylic acid groups (broad SMARTS) is 1. The molecule has 0 rings (SSSR count). The van der Waals surface area contributed by atoms with Gasteiger partial charge in [0.1, 0.15) is 5.60 Å². The Bertz CT molecular complexity index is 412. The van der Waals surface area contributed by atoms with Crippen LogP contribution in [0.2, 0.25) is 0 Å². The highest BCUT2D eigenvalue weighted by Gasteiger charge is 2.25. The van der Waals surface area contributed by atoms with Gasteiger partial charge in [0.15, 0.2) is 0 Å². The largest absolute Gasteiger partial charge is 0.481 e. The smallest absolute Gasteiger partial charge is 0.407 e. The predicted molar refractivity (Wildman–Crippen MR) is 92.4 cm³/mol. The van der Waals surface area contributed by atoms with E-state index in [0.29, 0.717) is 19.3 Å². The molecule has 5 heteroatoms. The summed E-state index contributed by atoms with van der Waals surface area (Å²) in [5.74, 6) is -1.02. The van der Waals surface area contributed by atoms with Gasteiger partial charge in [-0.25, -0.2) is 4.79 Å². The first-order chi connectivity index (χ1) is 10.5. The van der Waals surface area contributed by atoms with E-state index in [4.69, 9.17) is 4.74 Å². The average Bonchev–Trinajstić information content (AvgIpc) is 2.38. The van der Waals surface area contributed by atoms with Gasteiger partial charge in [0.05, 0.1) is 5.92 Å². The van der Waals surface area contributed by atoms with Crippen molar-refractivity contribution in [1.29, 1.82) is 0 Å². The summed E-state index contributed by atoms with van der Waals surface area (Å²) >= 11 is 0. The molecule has 0 radical (unpaired) electrons. The third-order valence-corrected chi connectivity index (χ3v) is 3.80. The fourth-order valence-corrected chi connectivity index (χ4v) is 2.36. The Morgan fingerprint density at radius 3 is 2.22 bits per heavy atom. The molecule has 0 aliphatic carbocycles. The van der Waals surface area contributed by atoms with E-state index in [1.165, 1.54) is 0 Å². The molecule has 23 heavy (non-hydrogen) atoms. The number of carbonyl (C=O) groups excluding carboxylic acids is 1. The quantitative estimate of drug-likeness (QED) is 0.616. The van der Waals surface area contributed by atoms with Crippen molar-refractivity contribution in [2.24, 2.45) is 11.8 Å². The molecule has 0 aliphatic heterocycles. The van der Waals surface area contributed by atoms with Gasteiger partial charge in [0, 0.05) is 6.04 Å². The molecule has 5 nitrogen and oxygen atoms in total. The van der Waals surface area contributed by atoms with Crippen molar-refractivity contribution >= 4 is 12.1 Å². The van der Waals surface area contributed by atoms with E-state index in [-0.39, 0.29) is 12.0 Å². The normalized spacial score (nSPS) is 15.4. The van der Waals surface area contributed by atoms with Crippen molar-refractivity contribution in [2.75, 3.05) is 0 Å². The standard InChI is InChI=1S/C18H33NO4/c1-8-13(4)15(19-17(22)23-18(5,6)7)10-9-14(16(20)21)11-12(2)3/h13-15H,2,8-11H2,1,3-7H3,(H,19,22)(H,20,21)/t13-,14-,15+/m0/s1. The molecule has 0 aromatic rings. The molecule has 134 valence electrons. The van der Waals surface area contributed by atoms with Gasteiger partial charge < -0.3 is 15.2 Å². The first-order valence-electron chi connectivity index (χ1n) is 8.33. The van der Waals surface area contributed by atoms with Gasteiger partial charge in [-0.3, -0.25) is 4.79 Å². The molecule has 0 spiro atoms. The van der Waals surface area contributed by atoms with Crippen LogP contribution in [0.1, 0.15) is 67.2 Å². The summed E-state index contributed by atoms with van der Waals surface area (Å²) < 4.78 is 5.30. The molecule has 0 bridgehead atoms. The Balaban J connectivity index is 4.75. The van der Waals surface area contributed by atoms with Gasteiger partial charge in [-0.1, -0.05) is 25.8 Å². The van der Waals surface area contributed by atoms with Gasteiger partial charge in [-0.15, -0.1) is 6.58 Å². The first-order valence-corrected chi connectivity index (χ1v) is 8.33. The minimum atomic E-state index is -0.812. The van der Waals surface area contributed by atoms with Crippen LogP contribution in [-0.4, -0.2) is 28.8 Å². The number of carbonyl (C=O) groups is 2. The van der Waals surface area contributed by atoms with Gasteiger partial charge in [0.2, 0.25) is 0 Å². The predicted octanol–water partition coefficient (Wildman–Crippen LogP) is 4.37. The Hall–Kier alpha value is -1.52. The second-order valence-electron chi connectivity index (χ2n) is 7.41. The average molecular weight is 327 g/mol. The van der Waals surface area contributed by atoms with E-state index in [2.05, 4.69) is 25.7 Å². The lowest BCUT2D eigenvalue weighted by Gasteiger charge is -2.27. The van der Waals surface area contributed by atoms with Crippen LogP contribution in [0.4, 0.5) is 4.79 Å². The zero-order valence-electron chi connectivity index (χ0n) is 15.4. The molecular weight excluding hydrogens is 294 g/mol. The Morgan fingerprint density at radius 2 is 1.83 bits per heavy atom. The maximum atomic E-state index is 12.0. The molecular formula is C18H33NO4. The topological polar surface area (TPSA) is 75.6 Å². The fourth-order valence-electron chi connectivity index (χ4n) is 2.36. The molecule has 0 saturated carbocycles. The van der Waals surface area contributed by atoms with Crippen molar-refractivity contribution in [3.63, 3.8) is 0 Å². The summed E-state index contributed by atoms with van der Waals surface area (Å²) in [6.45, 7) is 15.2. The van der Waals surface area contributed by atoms with E-state index in [1.807, 2.05) is 27.7 Å². The van der Waals surface area contributed by atoms with Crippen molar-refractivity contribution < 1.29 is 19.4 Å². The SMILES string of the molecule is C=C(C)C[C@H](CC[C@@H](NC(=O)OC(C)(C)C)[C@@H](C)CC)C(=O)O. The second kappa shape index (κ2) is 9.58. The summed E-state index contributed by atoms with van der Waals surface area (Å²) in [5, 5.41) is 12.2. The summed E-state index contributed by atoms with van der Waals surface area (Å²) in [4.78, 5) is 23.3. The lowest BCUT2D eigenvalue weighted by Crippen LogP contribution is -2.42. The number of ether oxygens (including phenoxy) is 1. The lowest BCUT2D eigenvalue weighted by atomic mass is 9.89. The van der Waals surface area contributed by atoms with Crippen LogP contribution in [0.25, 0.3) is 0 Å². The molecule has 2 N–H and O–H groups in total. The van der Waals surface area contributed by atoms with Crippen LogP contribution in [0.3, 0.4) is 0 Å². The zero-order chi connectivity index (χ0) is 18.2. The summed E-state index contributed by atoms with van der Waals surface area (Å²) in [6, 6.07) is -0.0955. The summed E-state index contributed by atoms with van der Waals surface area (Å²) in [5.41, 5.74) is 0.311. The van der Waals surface area contributed by atoms with Crippen LogP contribution in [-0.2, 0) is 9.53 Å². The van der Waals surface area contributed by atoms with Gasteiger partial charge >= 0.3 is 12.1 Å². The molecule has 0 unspecified atom stereocenters. The van der Waals surface area contributed by atoms with Crippen LogP contribution in [0.5, 0.6) is 0 Å². The number of alkyl carbamates (subject to hydrolysis) is 1. The minimum Gasteiger partial charge on any atom is -0.481 e. The number of nitrogens with one attached hydrogen (secondary N) is 1. The Morgan fingerprint density at radius 1 is 1.26 bits per heavy atom. The van der Waals surface area contributed by atoms with Gasteiger partial charge in [-0.05, 0) is 52.9 Å².